The van der Waals surface area contributed by atoms with E-state index in [1.807, 2.05) is 19.1 Å². The summed E-state index contributed by atoms with van der Waals surface area (Å²) in [6.45, 7) is 5.11. The Bertz CT molecular complexity index is 1860. The van der Waals surface area contributed by atoms with Crippen molar-refractivity contribution in [3.05, 3.63) is 87.0 Å². The number of amides is 1. The number of hydrogen-bond acceptors (Lipinski definition) is 12. The van der Waals surface area contributed by atoms with Gasteiger partial charge in [-0.25, -0.2) is 5.43 Å². The minimum atomic E-state index is -1.89. The first-order valence-electron chi connectivity index (χ1n) is 16.1. The Balaban J connectivity index is 1.43. The highest BCUT2D eigenvalue weighted by atomic mass is 16.7. The molecule has 13 nitrogen and oxygen atoms in total. The van der Waals surface area contributed by atoms with Crippen LogP contribution in [0.2, 0.25) is 0 Å². The van der Waals surface area contributed by atoms with Crippen molar-refractivity contribution in [3.8, 4) is 17.2 Å². The van der Waals surface area contributed by atoms with Crippen LogP contribution >= 0.6 is 0 Å². The zero-order chi connectivity index (χ0) is 35.4. The van der Waals surface area contributed by atoms with Gasteiger partial charge in [0.25, 0.3) is 5.91 Å². The number of ether oxygens (including phenoxy) is 3. The number of nitrogens with one attached hydrogen (secondary N) is 1. The van der Waals surface area contributed by atoms with Crippen molar-refractivity contribution < 1.29 is 49.0 Å². The average molecular weight is 674 g/mol. The molecule has 0 spiro atoms. The molecule has 3 aromatic rings. The highest BCUT2D eigenvalue weighted by Crippen LogP contribution is 2.52. The van der Waals surface area contributed by atoms with Gasteiger partial charge >= 0.3 is 0 Å². The molecule has 1 saturated heterocycles. The standard InChI is InChI=1S/C36H39N3O10/c1-5-18-9-11-19(12-10-18)35(45)39-38-17(3)36(46)14-21-27(24(15-36)49-25-13-22(37)30(40)16(2)48-25)34(44)29-28(32(21)42)31(41)20-7-6-8-23(47-4)26(20)33(29)43/h6-12,16,22,24-25,30,40,42,44,46H,5,13-15,37H2,1-4H3,(H,39,45)/b38-17+/t16-,22-,24+,25+,30+,36-/m0/s1. The van der Waals surface area contributed by atoms with Crippen molar-refractivity contribution in [3.63, 3.8) is 0 Å². The lowest BCUT2D eigenvalue weighted by Gasteiger charge is -2.42. The SMILES string of the molecule is CCc1ccc(C(=O)N/N=C(\C)[C@]2(O)Cc3c(O)c4c(c(O)c3[C@H](O[C@@H]3C[C@H](N)[C@H](O)[C@H](C)O3)C2)C(=O)c2c(OC)cccc2C4=O)cc1. The van der Waals surface area contributed by atoms with E-state index in [0.29, 0.717) is 5.56 Å². The lowest BCUT2D eigenvalue weighted by atomic mass is 9.71. The maximum Gasteiger partial charge on any atom is 0.271 e. The minimum Gasteiger partial charge on any atom is -0.507 e. The fourth-order valence-corrected chi connectivity index (χ4v) is 6.86. The summed E-state index contributed by atoms with van der Waals surface area (Å²) in [5, 5.41) is 50.2. The summed E-state index contributed by atoms with van der Waals surface area (Å²) in [5.41, 5.74) is 7.17. The molecule has 3 aliphatic rings. The predicted molar refractivity (Wildman–Crippen MR) is 176 cm³/mol. The fraction of sp³-hybridized carbons (Fsp3) is 0.389. The Labute approximate surface area is 282 Å². The van der Waals surface area contributed by atoms with Crippen LogP contribution in [-0.4, -0.2) is 80.9 Å². The Morgan fingerprint density at radius 3 is 2.43 bits per heavy atom. The molecule has 0 bridgehead atoms. The number of rotatable bonds is 7. The number of aliphatic hydroxyl groups excluding tert-OH is 1. The Morgan fingerprint density at radius 1 is 1.08 bits per heavy atom. The first kappa shape index (κ1) is 34.2. The molecule has 1 fully saturated rings. The van der Waals surface area contributed by atoms with Gasteiger partial charge in [0.2, 0.25) is 5.78 Å². The number of carbonyl (C=O) groups is 3. The summed E-state index contributed by atoms with van der Waals surface area (Å²) >= 11 is 0. The van der Waals surface area contributed by atoms with Crippen LogP contribution in [-0.2, 0) is 22.3 Å². The third-order valence-electron chi connectivity index (χ3n) is 9.77. The predicted octanol–water partition coefficient (Wildman–Crippen LogP) is 2.81. The summed E-state index contributed by atoms with van der Waals surface area (Å²) < 4.78 is 17.5. The van der Waals surface area contributed by atoms with Crippen molar-refractivity contribution in [2.24, 2.45) is 10.8 Å². The van der Waals surface area contributed by atoms with Gasteiger partial charge in [0, 0.05) is 47.6 Å². The number of hydrazone groups is 1. The number of aliphatic hydroxyl groups is 2. The molecule has 258 valence electrons. The molecule has 7 N–H and O–H groups in total. The number of methoxy groups -OCH3 is 1. The zero-order valence-electron chi connectivity index (χ0n) is 27.5. The highest BCUT2D eigenvalue weighted by molar-refractivity contribution is 6.31. The second-order valence-corrected chi connectivity index (χ2v) is 12.8. The van der Waals surface area contributed by atoms with Gasteiger partial charge < -0.3 is 40.4 Å². The van der Waals surface area contributed by atoms with E-state index in [1.54, 1.807) is 19.1 Å². The third-order valence-corrected chi connectivity index (χ3v) is 9.77. The van der Waals surface area contributed by atoms with E-state index in [-0.39, 0.29) is 53.0 Å². The first-order chi connectivity index (χ1) is 23.3. The van der Waals surface area contributed by atoms with Crippen LogP contribution in [0.4, 0.5) is 0 Å². The van der Waals surface area contributed by atoms with E-state index in [2.05, 4.69) is 10.5 Å². The van der Waals surface area contributed by atoms with Crippen LogP contribution in [0, 0.1) is 0 Å². The minimum absolute atomic E-state index is 0.0186. The number of carbonyl (C=O) groups excluding carboxylic acids is 3. The molecular formula is C36H39N3O10. The summed E-state index contributed by atoms with van der Waals surface area (Å²) in [6.07, 6.45) is -3.71. The van der Waals surface area contributed by atoms with Gasteiger partial charge in [0.1, 0.15) is 22.8 Å². The Morgan fingerprint density at radius 2 is 1.78 bits per heavy atom. The molecule has 3 aromatic carbocycles. The molecule has 0 unspecified atom stereocenters. The second kappa shape index (κ2) is 13.0. The lowest BCUT2D eigenvalue weighted by Crippen LogP contribution is -2.52. The van der Waals surface area contributed by atoms with Crippen LogP contribution in [0.1, 0.15) is 98.6 Å². The zero-order valence-corrected chi connectivity index (χ0v) is 27.5. The lowest BCUT2D eigenvalue weighted by molar-refractivity contribution is -0.245. The number of hydrogen-bond donors (Lipinski definition) is 6. The Hall–Kier alpha value is -4.66. The molecular weight excluding hydrogens is 634 g/mol. The second-order valence-electron chi connectivity index (χ2n) is 12.8. The van der Waals surface area contributed by atoms with Gasteiger partial charge in [-0.3, -0.25) is 14.4 Å². The van der Waals surface area contributed by atoms with Gasteiger partial charge in [-0.05, 0) is 44.0 Å². The molecule has 13 heteroatoms. The van der Waals surface area contributed by atoms with Crippen LogP contribution in [0.15, 0.2) is 47.6 Å². The average Bonchev–Trinajstić information content (AvgIpc) is 3.09. The van der Waals surface area contributed by atoms with Crippen molar-refractivity contribution in [1.29, 1.82) is 0 Å². The van der Waals surface area contributed by atoms with Crippen molar-refractivity contribution in [2.45, 2.75) is 82.7 Å². The van der Waals surface area contributed by atoms with Gasteiger partial charge in [0.15, 0.2) is 12.1 Å². The number of benzene rings is 3. The number of aryl methyl sites for hydroxylation is 1. The number of ketones is 2. The van der Waals surface area contributed by atoms with Crippen molar-refractivity contribution in [2.75, 3.05) is 7.11 Å². The molecule has 0 radical (unpaired) electrons. The van der Waals surface area contributed by atoms with E-state index in [0.717, 1.165) is 12.0 Å². The summed E-state index contributed by atoms with van der Waals surface area (Å²) in [6, 6.07) is 10.7. The summed E-state index contributed by atoms with van der Waals surface area (Å²) in [7, 11) is 1.35. The maximum atomic E-state index is 13.9. The summed E-state index contributed by atoms with van der Waals surface area (Å²) in [4.78, 5) is 40.7. The van der Waals surface area contributed by atoms with E-state index in [4.69, 9.17) is 19.9 Å². The van der Waals surface area contributed by atoms with Gasteiger partial charge in [-0.15, -0.1) is 0 Å². The molecule has 0 saturated carbocycles. The molecule has 2 aliphatic carbocycles. The highest BCUT2D eigenvalue weighted by Gasteiger charge is 2.49. The maximum absolute atomic E-state index is 13.9. The largest absolute Gasteiger partial charge is 0.507 e. The topological polar surface area (TPSA) is 210 Å². The number of nitrogens with two attached hydrogens (primary N) is 1. The Kier molecular flexibility index (Phi) is 9.07. The van der Waals surface area contributed by atoms with E-state index in [1.165, 1.54) is 32.2 Å². The number of aromatic hydroxyl groups is 2. The van der Waals surface area contributed by atoms with Crippen LogP contribution in [0.25, 0.3) is 0 Å². The van der Waals surface area contributed by atoms with E-state index < -0.39 is 76.3 Å². The normalized spacial score (nSPS) is 26.4. The van der Waals surface area contributed by atoms with Crippen molar-refractivity contribution in [1.82, 2.24) is 5.43 Å². The number of phenolic OH excluding ortho intramolecular Hbond substituents is 2. The monoisotopic (exact) mass is 673 g/mol. The quantitative estimate of drug-likeness (QED) is 0.0954. The molecule has 49 heavy (non-hydrogen) atoms. The van der Waals surface area contributed by atoms with Crippen molar-refractivity contribution >= 4 is 23.2 Å². The molecule has 1 heterocycles. The van der Waals surface area contributed by atoms with Crippen LogP contribution in [0.5, 0.6) is 17.2 Å². The molecule has 0 aromatic heterocycles. The van der Waals surface area contributed by atoms with Crippen LogP contribution in [0.3, 0.4) is 0 Å². The smallest absolute Gasteiger partial charge is 0.271 e. The number of nitrogens with zero attached hydrogens (tertiary/aromatic N) is 1. The van der Waals surface area contributed by atoms with E-state index >= 15 is 0 Å². The fourth-order valence-electron chi connectivity index (χ4n) is 6.86. The van der Waals surface area contributed by atoms with Gasteiger partial charge in [-0.2, -0.15) is 5.10 Å². The molecule has 1 amide bonds. The van der Waals surface area contributed by atoms with Gasteiger partial charge in [0.05, 0.1) is 47.8 Å². The first-order valence-corrected chi connectivity index (χ1v) is 16.1. The van der Waals surface area contributed by atoms with Crippen LogP contribution < -0.4 is 15.9 Å². The van der Waals surface area contributed by atoms with E-state index in [9.17, 15) is 34.8 Å². The number of phenols is 2. The third kappa shape index (κ3) is 5.87. The molecule has 1 aliphatic heterocycles. The van der Waals surface area contributed by atoms with Gasteiger partial charge in [-0.1, -0.05) is 31.2 Å². The molecule has 6 rings (SSSR count). The molecule has 6 atom stereocenters. The number of fused-ring (bicyclic) bond motifs is 3. The summed E-state index contributed by atoms with van der Waals surface area (Å²) in [5.74, 6) is -3.07.